The minimum absolute atomic E-state index is 0.00648. The third kappa shape index (κ3) is 2.03. The molecular weight excluding hydrogens is 248 g/mol. The van der Waals surface area contributed by atoms with Crippen LogP contribution in [-0.2, 0) is 0 Å². The molecule has 0 N–H and O–H groups in total. The van der Waals surface area contributed by atoms with Crippen molar-refractivity contribution in [1.82, 2.24) is 4.98 Å². The van der Waals surface area contributed by atoms with Crippen molar-refractivity contribution in [2.24, 2.45) is 0 Å². The lowest BCUT2D eigenvalue weighted by Crippen LogP contribution is -1.94. The van der Waals surface area contributed by atoms with Gasteiger partial charge in [0.1, 0.15) is 0 Å². The maximum Gasteiger partial charge on any atom is 0.168 e. The first-order chi connectivity index (χ1) is 8.15. The fourth-order valence-electron chi connectivity index (χ4n) is 1.42. The molecule has 1 aromatic heterocycles. The van der Waals surface area contributed by atoms with E-state index in [1.165, 1.54) is 24.4 Å². The monoisotopic (exact) mass is 253 g/mol. The number of carbonyl (C=O) groups is 1. The molecule has 5 heteroatoms. The standard InChI is InChI=1S/C12H6ClF2NO/c13-10-7(6-17)4-5-16-12(10)8-2-1-3-9(14)11(8)15/h1-6H. The van der Waals surface area contributed by atoms with Gasteiger partial charge >= 0.3 is 0 Å². The van der Waals surface area contributed by atoms with E-state index in [2.05, 4.69) is 4.98 Å². The Balaban J connectivity index is 2.69. The van der Waals surface area contributed by atoms with Gasteiger partial charge in [0, 0.05) is 17.3 Å². The zero-order valence-corrected chi connectivity index (χ0v) is 9.21. The van der Waals surface area contributed by atoms with E-state index >= 15 is 0 Å². The summed E-state index contributed by atoms with van der Waals surface area (Å²) in [6.45, 7) is 0. The van der Waals surface area contributed by atoms with Gasteiger partial charge in [-0.2, -0.15) is 0 Å². The van der Waals surface area contributed by atoms with Gasteiger partial charge in [0.2, 0.25) is 0 Å². The van der Waals surface area contributed by atoms with Gasteiger partial charge in [-0.25, -0.2) is 8.78 Å². The van der Waals surface area contributed by atoms with E-state index in [4.69, 9.17) is 11.6 Å². The summed E-state index contributed by atoms with van der Waals surface area (Å²) in [6, 6.07) is 5.09. The summed E-state index contributed by atoms with van der Waals surface area (Å²) in [5, 5.41) is 0.00648. The van der Waals surface area contributed by atoms with Crippen molar-refractivity contribution in [3.63, 3.8) is 0 Å². The molecule has 0 saturated heterocycles. The molecule has 0 spiro atoms. The number of nitrogens with zero attached hydrogens (tertiary/aromatic N) is 1. The quantitative estimate of drug-likeness (QED) is 0.767. The van der Waals surface area contributed by atoms with E-state index in [0.717, 1.165) is 6.07 Å². The smallest absolute Gasteiger partial charge is 0.168 e. The number of carbonyl (C=O) groups excluding carboxylic acids is 1. The van der Waals surface area contributed by atoms with Gasteiger partial charge in [-0.15, -0.1) is 0 Å². The Bertz CT molecular complexity index is 587. The van der Waals surface area contributed by atoms with Gasteiger partial charge in [0.15, 0.2) is 17.9 Å². The van der Waals surface area contributed by atoms with Gasteiger partial charge in [-0.1, -0.05) is 17.7 Å². The van der Waals surface area contributed by atoms with Crippen LogP contribution in [-0.4, -0.2) is 11.3 Å². The zero-order valence-electron chi connectivity index (χ0n) is 8.45. The molecule has 0 unspecified atom stereocenters. The Kier molecular flexibility index (Phi) is 3.15. The molecule has 0 atom stereocenters. The Morgan fingerprint density at radius 3 is 2.71 bits per heavy atom. The van der Waals surface area contributed by atoms with E-state index in [1.54, 1.807) is 0 Å². The molecule has 0 saturated carbocycles. The Labute approximate surface area is 101 Å². The first kappa shape index (κ1) is 11.7. The van der Waals surface area contributed by atoms with Crippen LogP contribution < -0.4 is 0 Å². The third-order valence-corrected chi connectivity index (χ3v) is 2.65. The van der Waals surface area contributed by atoms with Crippen LogP contribution in [0.25, 0.3) is 11.3 Å². The van der Waals surface area contributed by atoms with Crippen LogP contribution >= 0.6 is 11.6 Å². The highest BCUT2D eigenvalue weighted by molar-refractivity contribution is 6.35. The number of pyridine rings is 1. The van der Waals surface area contributed by atoms with Crippen molar-refractivity contribution in [2.45, 2.75) is 0 Å². The highest BCUT2D eigenvalue weighted by Gasteiger charge is 2.15. The van der Waals surface area contributed by atoms with Crippen molar-refractivity contribution < 1.29 is 13.6 Å². The zero-order chi connectivity index (χ0) is 12.4. The second-order valence-electron chi connectivity index (χ2n) is 3.28. The first-order valence-corrected chi connectivity index (χ1v) is 5.07. The average molecular weight is 254 g/mol. The van der Waals surface area contributed by atoms with Crippen molar-refractivity contribution >= 4 is 17.9 Å². The van der Waals surface area contributed by atoms with E-state index in [0.29, 0.717) is 6.29 Å². The summed E-state index contributed by atoms with van der Waals surface area (Å²) < 4.78 is 26.6. The lowest BCUT2D eigenvalue weighted by molar-refractivity contribution is 0.112. The van der Waals surface area contributed by atoms with Gasteiger partial charge in [-0.3, -0.25) is 9.78 Å². The van der Waals surface area contributed by atoms with Crippen molar-refractivity contribution in [2.75, 3.05) is 0 Å². The fraction of sp³-hybridized carbons (Fsp3) is 0. The highest BCUT2D eigenvalue weighted by atomic mass is 35.5. The van der Waals surface area contributed by atoms with Gasteiger partial charge in [-0.05, 0) is 18.2 Å². The fourth-order valence-corrected chi connectivity index (χ4v) is 1.68. The van der Waals surface area contributed by atoms with Gasteiger partial charge < -0.3 is 0 Å². The predicted octanol–water partition coefficient (Wildman–Crippen LogP) is 3.49. The van der Waals surface area contributed by atoms with Crippen LogP contribution in [0.4, 0.5) is 8.78 Å². The molecule has 86 valence electrons. The minimum Gasteiger partial charge on any atom is -0.298 e. The molecule has 2 rings (SSSR count). The Hall–Kier alpha value is -1.81. The van der Waals surface area contributed by atoms with E-state index in [1.807, 2.05) is 0 Å². The molecule has 0 aliphatic rings. The second kappa shape index (κ2) is 4.59. The summed E-state index contributed by atoms with van der Waals surface area (Å²) in [5.41, 5.74) is 0.160. The Morgan fingerprint density at radius 2 is 2.00 bits per heavy atom. The van der Waals surface area contributed by atoms with Crippen LogP contribution in [0.15, 0.2) is 30.5 Å². The minimum atomic E-state index is -1.04. The maximum absolute atomic E-state index is 13.5. The SMILES string of the molecule is O=Cc1ccnc(-c2cccc(F)c2F)c1Cl. The van der Waals surface area contributed by atoms with Crippen LogP contribution in [0.2, 0.25) is 5.02 Å². The molecule has 1 heterocycles. The van der Waals surface area contributed by atoms with Crippen LogP contribution in [0.1, 0.15) is 10.4 Å². The van der Waals surface area contributed by atoms with Gasteiger partial charge in [0.05, 0.1) is 10.7 Å². The average Bonchev–Trinajstić information content (AvgIpc) is 2.33. The largest absolute Gasteiger partial charge is 0.298 e. The summed E-state index contributed by atoms with van der Waals surface area (Å²) in [4.78, 5) is 14.5. The van der Waals surface area contributed by atoms with E-state index < -0.39 is 11.6 Å². The highest BCUT2D eigenvalue weighted by Crippen LogP contribution is 2.30. The molecule has 1 aromatic carbocycles. The van der Waals surface area contributed by atoms with Crippen molar-refractivity contribution in [3.05, 3.63) is 52.7 Å². The number of rotatable bonds is 2. The molecule has 0 aliphatic heterocycles. The molecule has 0 amide bonds. The van der Waals surface area contributed by atoms with E-state index in [9.17, 15) is 13.6 Å². The summed E-state index contributed by atoms with van der Waals surface area (Å²) in [6.07, 6.45) is 1.85. The van der Waals surface area contributed by atoms with Crippen LogP contribution in [0.5, 0.6) is 0 Å². The number of benzene rings is 1. The summed E-state index contributed by atoms with van der Waals surface area (Å²) in [7, 11) is 0. The molecule has 2 nitrogen and oxygen atoms in total. The predicted molar refractivity (Wildman–Crippen MR) is 60.0 cm³/mol. The molecule has 0 aliphatic carbocycles. The van der Waals surface area contributed by atoms with Crippen LogP contribution in [0, 0.1) is 11.6 Å². The van der Waals surface area contributed by atoms with Gasteiger partial charge in [0.25, 0.3) is 0 Å². The lowest BCUT2D eigenvalue weighted by Gasteiger charge is -2.06. The molecule has 17 heavy (non-hydrogen) atoms. The number of hydrogen-bond acceptors (Lipinski definition) is 2. The molecule has 0 bridgehead atoms. The number of aromatic nitrogens is 1. The third-order valence-electron chi connectivity index (χ3n) is 2.25. The first-order valence-electron chi connectivity index (χ1n) is 4.69. The lowest BCUT2D eigenvalue weighted by atomic mass is 10.1. The number of aldehydes is 1. The van der Waals surface area contributed by atoms with Crippen molar-refractivity contribution in [3.8, 4) is 11.3 Å². The number of halogens is 3. The Morgan fingerprint density at radius 1 is 1.24 bits per heavy atom. The molecule has 0 fully saturated rings. The van der Waals surface area contributed by atoms with E-state index in [-0.39, 0.29) is 21.8 Å². The number of hydrogen-bond donors (Lipinski definition) is 0. The molecule has 2 aromatic rings. The molecule has 0 radical (unpaired) electrons. The second-order valence-corrected chi connectivity index (χ2v) is 3.66. The van der Waals surface area contributed by atoms with Crippen molar-refractivity contribution in [1.29, 1.82) is 0 Å². The topological polar surface area (TPSA) is 30.0 Å². The maximum atomic E-state index is 13.5. The molecular formula is C12H6ClF2NO. The summed E-state index contributed by atoms with van der Waals surface area (Å²) in [5.74, 6) is -2.03. The van der Waals surface area contributed by atoms with Crippen LogP contribution in [0.3, 0.4) is 0 Å². The summed E-state index contributed by atoms with van der Waals surface area (Å²) >= 11 is 5.88. The normalized spacial score (nSPS) is 10.3.